The molecule has 1 fully saturated rings. The Labute approximate surface area is 159 Å². The highest BCUT2D eigenvalue weighted by molar-refractivity contribution is 5.91. The molecule has 2 heterocycles. The molecule has 2 aromatic rings. The van der Waals surface area contributed by atoms with Crippen molar-refractivity contribution >= 4 is 17.6 Å². The Balaban J connectivity index is 1.62. The Morgan fingerprint density at radius 1 is 1.07 bits per heavy atom. The first-order valence-electron chi connectivity index (χ1n) is 9.08. The number of piperazine rings is 1. The summed E-state index contributed by atoms with van der Waals surface area (Å²) in [5.74, 6) is -0.00710. The second kappa shape index (κ2) is 8.64. The van der Waals surface area contributed by atoms with Crippen molar-refractivity contribution in [2.75, 3.05) is 45.1 Å². The Bertz CT molecular complexity index is 801. The van der Waals surface area contributed by atoms with Gasteiger partial charge >= 0.3 is 6.03 Å². The van der Waals surface area contributed by atoms with Crippen LogP contribution in [-0.4, -0.2) is 66.5 Å². The average Bonchev–Trinajstić information content (AvgIpc) is 2.70. The van der Waals surface area contributed by atoms with Gasteiger partial charge in [-0.25, -0.2) is 4.79 Å². The van der Waals surface area contributed by atoms with Gasteiger partial charge in [-0.1, -0.05) is 30.3 Å². The molecule has 1 aliphatic rings. The lowest BCUT2D eigenvalue weighted by Gasteiger charge is -2.34. The lowest BCUT2D eigenvalue weighted by Crippen LogP contribution is -2.51. The molecule has 142 valence electrons. The summed E-state index contributed by atoms with van der Waals surface area (Å²) < 4.78 is 0. The largest absolute Gasteiger partial charge is 0.358 e. The molecule has 0 saturated carbocycles. The molecule has 1 saturated heterocycles. The van der Waals surface area contributed by atoms with Crippen molar-refractivity contribution < 1.29 is 9.59 Å². The minimum Gasteiger partial charge on any atom is -0.358 e. The Morgan fingerprint density at radius 3 is 2.44 bits per heavy atom. The van der Waals surface area contributed by atoms with E-state index in [0.717, 1.165) is 16.8 Å². The van der Waals surface area contributed by atoms with Gasteiger partial charge in [0.2, 0.25) is 5.91 Å². The van der Waals surface area contributed by atoms with E-state index >= 15 is 0 Å². The minimum absolute atomic E-state index is 0.00710. The van der Waals surface area contributed by atoms with Crippen molar-refractivity contribution in [1.82, 2.24) is 20.1 Å². The first-order valence-corrected chi connectivity index (χ1v) is 9.08. The highest BCUT2D eigenvalue weighted by Crippen LogP contribution is 2.23. The van der Waals surface area contributed by atoms with E-state index in [-0.39, 0.29) is 11.9 Å². The number of hydrogen-bond donors (Lipinski definition) is 2. The van der Waals surface area contributed by atoms with Crippen LogP contribution in [0.2, 0.25) is 0 Å². The summed E-state index contributed by atoms with van der Waals surface area (Å²) in [7, 11) is 1.63. The van der Waals surface area contributed by atoms with Gasteiger partial charge < -0.3 is 15.5 Å². The number of carbonyl (C=O) groups excluding carboxylic acids is 2. The number of benzene rings is 1. The number of aromatic nitrogens is 1. The fraction of sp³-hybridized carbons (Fsp3) is 0.350. The summed E-state index contributed by atoms with van der Waals surface area (Å²) in [5.41, 5.74) is 3.52. The van der Waals surface area contributed by atoms with Gasteiger partial charge in [-0.15, -0.1) is 0 Å². The SMILES string of the molecule is CNC(=O)CN1CCN(C(=O)Nc2cc(-c3ccccc3)cnc2C)CC1. The van der Waals surface area contributed by atoms with E-state index < -0.39 is 0 Å². The van der Waals surface area contributed by atoms with Crippen molar-refractivity contribution in [1.29, 1.82) is 0 Å². The molecule has 0 spiro atoms. The van der Waals surface area contributed by atoms with Crippen LogP contribution in [0.5, 0.6) is 0 Å². The van der Waals surface area contributed by atoms with Gasteiger partial charge in [-0.2, -0.15) is 0 Å². The molecule has 27 heavy (non-hydrogen) atoms. The van der Waals surface area contributed by atoms with Crippen LogP contribution in [0.1, 0.15) is 5.69 Å². The van der Waals surface area contributed by atoms with Crippen LogP contribution in [0.25, 0.3) is 11.1 Å². The molecule has 0 atom stereocenters. The number of carbonyl (C=O) groups is 2. The zero-order valence-corrected chi connectivity index (χ0v) is 15.7. The summed E-state index contributed by atoms with van der Waals surface area (Å²) in [5, 5.41) is 5.61. The number of nitrogens with one attached hydrogen (secondary N) is 2. The number of likely N-dealkylation sites (N-methyl/N-ethyl adjacent to an activating group) is 1. The quantitative estimate of drug-likeness (QED) is 0.866. The van der Waals surface area contributed by atoms with Gasteiger partial charge in [-0.05, 0) is 18.6 Å². The van der Waals surface area contributed by atoms with Crippen LogP contribution in [0.3, 0.4) is 0 Å². The Hall–Kier alpha value is -2.93. The lowest BCUT2D eigenvalue weighted by atomic mass is 10.1. The second-order valence-electron chi connectivity index (χ2n) is 6.59. The maximum Gasteiger partial charge on any atom is 0.321 e. The molecular formula is C20H25N5O2. The van der Waals surface area contributed by atoms with E-state index in [2.05, 4.69) is 15.6 Å². The molecule has 2 N–H and O–H groups in total. The number of hydrogen-bond acceptors (Lipinski definition) is 4. The van der Waals surface area contributed by atoms with Crippen LogP contribution in [-0.2, 0) is 4.79 Å². The van der Waals surface area contributed by atoms with Gasteiger partial charge in [0.15, 0.2) is 0 Å². The van der Waals surface area contributed by atoms with E-state index in [1.807, 2.05) is 54.4 Å². The molecule has 0 aliphatic carbocycles. The summed E-state index contributed by atoms with van der Waals surface area (Å²) in [6.07, 6.45) is 1.82. The molecule has 3 rings (SSSR count). The monoisotopic (exact) mass is 367 g/mol. The van der Waals surface area contributed by atoms with E-state index in [1.165, 1.54) is 0 Å². The molecule has 0 bridgehead atoms. The first kappa shape index (κ1) is 18.8. The molecular weight excluding hydrogens is 342 g/mol. The van der Waals surface area contributed by atoms with Crippen molar-refractivity contribution in [3.05, 3.63) is 48.3 Å². The second-order valence-corrected chi connectivity index (χ2v) is 6.59. The van der Waals surface area contributed by atoms with Gasteiger partial charge in [0.05, 0.1) is 17.9 Å². The number of rotatable bonds is 4. The molecule has 0 radical (unpaired) electrons. The first-order chi connectivity index (χ1) is 13.1. The zero-order chi connectivity index (χ0) is 19.2. The standard InChI is InChI=1S/C20H25N5O2/c1-15-18(12-17(13-22-15)16-6-4-3-5-7-16)23-20(27)25-10-8-24(9-11-25)14-19(26)21-2/h3-7,12-13H,8-11,14H2,1-2H3,(H,21,26)(H,23,27). The number of aryl methyl sites for hydroxylation is 1. The predicted molar refractivity (Wildman–Crippen MR) is 106 cm³/mol. The van der Waals surface area contributed by atoms with Crippen LogP contribution in [0.4, 0.5) is 10.5 Å². The van der Waals surface area contributed by atoms with Crippen molar-refractivity contribution in [3.63, 3.8) is 0 Å². The molecule has 7 nitrogen and oxygen atoms in total. The smallest absolute Gasteiger partial charge is 0.321 e. The van der Waals surface area contributed by atoms with Crippen molar-refractivity contribution in [3.8, 4) is 11.1 Å². The summed E-state index contributed by atoms with van der Waals surface area (Å²) >= 11 is 0. The number of urea groups is 1. The van der Waals surface area contributed by atoms with Gasteiger partial charge in [0.1, 0.15) is 0 Å². The van der Waals surface area contributed by atoms with Crippen LogP contribution < -0.4 is 10.6 Å². The molecule has 1 aromatic heterocycles. The molecule has 1 aromatic carbocycles. The van der Waals surface area contributed by atoms with E-state index in [9.17, 15) is 9.59 Å². The molecule has 7 heteroatoms. The van der Waals surface area contributed by atoms with Crippen LogP contribution >= 0.6 is 0 Å². The number of pyridine rings is 1. The zero-order valence-electron chi connectivity index (χ0n) is 15.7. The topological polar surface area (TPSA) is 77.6 Å². The van der Waals surface area contributed by atoms with E-state index in [0.29, 0.717) is 38.4 Å². The van der Waals surface area contributed by atoms with Crippen LogP contribution in [0.15, 0.2) is 42.6 Å². The highest BCUT2D eigenvalue weighted by Gasteiger charge is 2.22. The summed E-state index contributed by atoms with van der Waals surface area (Å²) in [6, 6.07) is 11.8. The Kier molecular flexibility index (Phi) is 6.03. The van der Waals surface area contributed by atoms with E-state index in [4.69, 9.17) is 0 Å². The third kappa shape index (κ3) is 4.83. The van der Waals surface area contributed by atoms with Crippen LogP contribution in [0, 0.1) is 6.92 Å². The predicted octanol–water partition coefficient (Wildman–Crippen LogP) is 1.95. The Morgan fingerprint density at radius 2 is 1.78 bits per heavy atom. The highest BCUT2D eigenvalue weighted by atomic mass is 16.2. The summed E-state index contributed by atoms with van der Waals surface area (Å²) in [4.78, 5) is 32.4. The van der Waals surface area contributed by atoms with Crippen molar-refractivity contribution in [2.45, 2.75) is 6.92 Å². The maximum absolute atomic E-state index is 12.6. The van der Waals surface area contributed by atoms with E-state index in [1.54, 1.807) is 11.9 Å². The third-order valence-corrected chi connectivity index (χ3v) is 4.74. The normalized spacial score (nSPS) is 14.7. The number of nitrogens with zero attached hydrogens (tertiary/aromatic N) is 3. The number of amides is 3. The number of anilines is 1. The van der Waals surface area contributed by atoms with Crippen molar-refractivity contribution in [2.24, 2.45) is 0 Å². The fourth-order valence-electron chi connectivity index (χ4n) is 3.03. The minimum atomic E-state index is -0.135. The lowest BCUT2D eigenvalue weighted by molar-refractivity contribution is -0.122. The fourth-order valence-corrected chi connectivity index (χ4v) is 3.03. The molecule has 1 aliphatic heterocycles. The van der Waals surface area contributed by atoms with Gasteiger partial charge in [-0.3, -0.25) is 14.7 Å². The van der Waals surface area contributed by atoms with Gasteiger partial charge in [0, 0.05) is 45.0 Å². The average molecular weight is 367 g/mol. The van der Waals surface area contributed by atoms with Gasteiger partial charge in [0.25, 0.3) is 0 Å². The third-order valence-electron chi connectivity index (χ3n) is 4.74. The maximum atomic E-state index is 12.6. The summed E-state index contributed by atoms with van der Waals surface area (Å²) in [6.45, 7) is 4.80. The molecule has 3 amide bonds. The molecule has 0 unspecified atom stereocenters.